The largest absolute Gasteiger partial charge is 0.493 e. The number of benzene rings is 3. The van der Waals surface area contributed by atoms with E-state index in [2.05, 4.69) is 10.3 Å². The number of carbonyl (C=O) groups excluding carboxylic acids is 1. The van der Waals surface area contributed by atoms with Crippen molar-refractivity contribution < 1.29 is 32.2 Å². The normalized spacial score (nSPS) is 13.6. The number of ether oxygens (including phenoxy) is 3. The first kappa shape index (κ1) is 32.4. The second kappa shape index (κ2) is 14.3. The number of halogens is 3. The van der Waals surface area contributed by atoms with Crippen LogP contribution in [-0.4, -0.2) is 44.2 Å². The summed E-state index contributed by atoms with van der Waals surface area (Å²) in [5, 5.41) is 3.31. The number of nitrogens with zero attached hydrogens (tertiary/aromatic N) is 2. The van der Waals surface area contributed by atoms with Gasteiger partial charge in [-0.25, -0.2) is 0 Å². The van der Waals surface area contributed by atoms with Gasteiger partial charge in [0.25, 0.3) is 0 Å². The van der Waals surface area contributed by atoms with Crippen molar-refractivity contribution in [3.63, 3.8) is 0 Å². The SMILES string of the molecule is CC.COc1cc2nccc(Oc3cccc(CC(=O)Nc4ccc(N5CCC(N)CC5)c(C(F)(F)F)c4)c3)c2cc1OC. The van der Waals surface area contributed by atoms with E-state index >= 15 is 0 Å². The fraction of sp³-hybridized carbons (Fsp3) is 0.333. The van der Waals surface area contributed by atoms with Crippen LogP contribution in [0.4, 0.5) is 24.5 Å². The average Bonchev–Trinajstić information content (AvgIpc) is 3.01. The molecule has 1 saturated heterocycles. The molecular weight excluding hydrogens is 573 g/mol. The van der Waals surface area contributed by atoms with E-state index in [-0.39, 0.29) is 23.8 Å². The fourth-order valence-electron chi connectivity index (χ4n) is 5.03. The summed E-state index contributed by atoms with van der Waals surface area (Å²) in [4.78, 5) is 18.9. The van der Waals surface area contributed by atoms with Crippen molar-refractivity contribution in [3.8, 4) is 23.0 Å². The number of methoxy groups -OCH3 is 2. The van der Waals surface area contributed by atoms with Crippen LogP contribution in [0.25, 0.3) is 10.9 Å². The van der Waals surface area contributed by atoms with Crippen LogP contribution in [0.15, 0.2) is 66.9 Å². The molecule has 1 amide bonds. The minimum absolute atomic E-state index is 0.00489. The standard InChI is InChI=1S/C31H31F3N4O4.C2H6/c1-40-28-17-23-25(18-29(28)41-2)36-11-8-27(23)42-22-5-3-4-19(14-22)15-30(39)37-21-6-7-26(24(16-21)31(32,33)34)38-12-9-20(35)10-13-38;1-2/h3-8,11,14,16-18,20H,9-10,12-13,15,35H2,1-2H3,(H,37,39);1-2H3. The van der Waals surface area contributed by atoms with E-state index in [4.69, 9.17) is 19.9 Å². The molecule has 5 rings (SSSR count). The van der Waals surface area contributed by atoms with Crippen molar-refractivity contribution in [2.75, 3.05) is 37.5 Å². The first-order valence-corrected chi connectivity index (χ1v) is 14.4. The molecule has 0 aliphatic carbocycles. The summed E-state index contributed by atoms with van der Waals surface area (Å²) < 4.78 is 58.7. The van der Waals surface area contributed by atoms with Gasteiger partial charge < -0.3 is 30.2 Å². The molecule has 0 radical (unpaired) electrons. The smallest absolute Gasteiger partial charge is 0.418 e. The minimum atomic E-state index is -4.58. The Morgan fingerprint density at radius 3 is 2.36 bits per heavy atom. The van der Waals surface area contributed by atoms with Gasteiger partial charge >= 0.3 is 6.18 Å². The van der Waals surface area contributed by atoms with Crippen LogP contribution in [0.2, 0.25) is 0 Å². The third-order valence-corrected chi connectivity index (χ3v) is 7.16. The first-order chi connectivity index (χ1) is 21.1. The van der Waals surface area contributed by atoms with Crippen LogP contribution in [0.5, 0.6) is 23.0 Å². The van der Waals surface area contributed by atoms with Crippen molar-refractivity contribution in [3.05, 3.63) is 78.0 Å². The van der Waals surface area contributed by atoms with Gasteiger partial charge in [-0.2, -0.15) is 13.2 Å². The number of nitrogens with one attached hydrogen (secondary N) is 1. The Kier molecular flexibility index (Phi) is 10.5. The Bertz CT molecular complexity index is 1590. The molecule has 3 aromatic carbocycles. The average molecular weight is 611 g/mol. The Labute approximate surface area is 254 Å². The van der Waals surface area contributed by atoms with E-state index in [0.29, 0.717) is 65.4 Å². The number of alkyl halides is 3. The maximum absolute atomic E-state index is 14.0. The van der Waals surface area contributed by atoms with E-state index in [9.17, 15) is 18.0 Å². The number of hydrogen-bond acceptors (Lipinski definition) is 7. The number of rotatable bonds is 8. The number of carbonyl (C=O) groups is 1. The van der Waals surface area contributed by atoms with Crippen LogP contribution in [0.3, 0.4) is 0 Å². The molecular formula is C33H37F3N4O4. The fourth-order valence-corrected chi connectivity index (χ4v) is 5.03. The third-order valence-electron chi connectivity index (χ3n) is 7.16. The van der Waals surface area contributed by atoms with Gasteiger partial charge in [-0.1, -0.05) is 26.0 Å². The van der Waals surface area contributed by atoms with Crippen LogP contribution in [0.1, 0.15) is 37.8 Å². The lowest BCUT2D eigenvalue weighted by Crippen LogP contribution is -2.40. The van der Waals surface area contributed by atoms with E-state index < -0.39 is 17.6 Å². The predicted octanol–water partition coefficient (Wildman–Crippen LogP) is 7.20. The van der Waals surface area contributed by atoms with Crippen LogP contribution < -0.4 is 30.2 Å². The highest BCUT2D eigenvalue weighted by atomic mass is 19.4. The van der Waals surface area contributed by atoms with Gasteiger partial charge in [0.1, 0.15) is 11.5 Å². The monoisotopic (exact) mass is 610 g/mol. The zero-order valence-corrected chi connectivity index (χ0v) is 25.2. The summed E-state index contributed by atoms with van der Waals surface area (Å²) in [7, 11) is 3.08. The van der Waals surface area contributed by atoms with E-state index in [1.54, 1.807) is 60.7 Å². The zero-order chi connectivity index (χ0) is 31.9. The van der Waals surface area contributed by atoms with Gasteiger partial charge in [0.05, 0.1) is 31.7 Å². The second-order valence-corrected chi connectivity index (χ2v) is 10.1. The zero-order valence-electron chi connectivity index (χ0n) is 25.2. The lowest BCUT2D eigenvalue weighted by atomic mass is 10.0. The molecule has 1 aromatic heterocycles. The van der Waals surface area contributed by atoms with Gasteiger partial charge in [0.15, 0.2) is 11.5 Å². The quantitative estimate of drug-likeness (QED) is 0.218. The summed E-state index contributed by atoms with van der Waals surface area (Å²) in [6, 6.07) is 16.1. The second-order valence-electron chi connectivity index (χ2n) is 10.1. The first-order valence-electron chi connectivity index (χ1n) is 14.4. The highest BCUT2D eigenvalue weighted by molar-refractivity contribution is 5.93. The molecule has 8 nitrogen and oxygen atoms in total. The lowest BCUT2D eigenvalue weighted by molar-refractivity contribution is -0.137. The van der Waals surface area contributed by atoms with Gasteiger partial charge in [0, 0.05) is 48.2 Å². The van der Waals surface area contributed by atoms with Crippen molar-refractivity contribution in [2.24, 2.45) is 5.73 Å². The molecule has 234 valence electrons. The topological polar surface area (TPSA) is 98.9 Å². The molecule has 1 fully saturated rings. The maximum atomic E-state index is 14.0. The highest BCUT2D eigenvalue weighted by Crippen LogP contribution is 2.40. The number of pyridine rings is 1. The van der Waals surface area contributed by atoms with Crippen molar-refractivity contribution in [1.82, 2.24) is 4.98 Å². The van der Waals surface area contributed by atoms with E-state index in [1.807, 2.05) is 13.8 Å². The summed E-state index contributed by atoms with van der Waals surface area (Å²) >= 11 is 0. The Morgan fingerprint density at radius 2 is 1.68 bits per heavy atom. The molecule has 0 bridgehead atoms. The molecule has 0 atom stereocenters. The van der Waals surface area contributed by atoms with Crippen LogP contribution in [-0.2, 0) is 17.4 Å². The Morgan fingerprint density at radius 1 is 0.977 bits per heavy atom. The van der Waals surface area contributed by atoms with E-state index in [1.165, 1.54) is 19.2 Å². The Balaban J connectivity index is 0.00000216. The number of fused-ring (bicyclic) bond motifs is 1. The van der Waals surface area contributed by atoms with Gasteiger partial charge in [0.2, 0.25) is 5.91 Å². The molecule has 3 N–H and O–H groups in total. The summed E-state index contributed by atoms with van der Waals surface area (Å²) in [6.45, 7) is 4.90. The number of aromatic nitrogens is 1. The predicted molar refractivity (Wildman–Crippen MR) is 166 cm³/mol. The molecule has 1 aliphatic heterocycles. The van der Waals surface area contributed by atoms with E-state index in [0.717, 1.165) is 6.07 Å². The number of hydrogen-bond donors (Lipinski definition) is 2. The number of amides is 1. The maximum Gasteiger partial charge on any atom is 0.418 e. The van der Waals surface area contributed by atoms with Crippen LogP contribution in [0, 0.1) is 0 Å². The van der Waals surface area contributed by atoms with Gasteiger partial charge in [-0.15, -0.1) is 0 Å². The molecule has 1 aliphatic rings. The van der Waals surface area contributed by atoms with Crippen LogP contribution >= 0.6 is 0 Å². The highest BCUT2D eigenvalue weighted by Gasteiger charge is 2.36. The molecule has 4 aromatic rings. The molecule has 44 heavy (non-hydrogen) atoms. The molecule has 0 unspecified atom stereocenters. The summed E-state index contributed by atoms with van der Waals surface area (Å²) in [6.07, 6.45) is -1.78. The third kappa shape index (κ3) is 7.71. The summed E-state index contributed by atoms with van der Waals surface area (Å²) in [5.41, 5.74) is 6.57. The van der Waals surface area contributed by atoms with Gasteiger partial charge in [-0.05, 0) is 60.9 Å². The minimum Gasteiger partial charge on any atom is -0.493 e. The van der Waals surface area contributed by atoms with Crippen molar-refractivity contribution in [1.29, 1.82) is 0 Å². The van der Waals surface area contributed by atoms with Gasteiger partial charge in [-0.3, -0.25) is 9.78 Å². The number of nitrogens with two attached hydrogens (primary N) is 1. The molecule has 2 heterocycles. The Hall–Kier alpha value is -4.51. The van der Waals surface area contributed by atoms with Crippen molar-refractivity contribution in [2.45, 2.75) is 45.3 Å². The number of anilines is 2. The number of piperidine rings is 1. The van der Waals surface area contributed by atoms with Crippen molar-refractivity contribution >= 4 is 28.2 Å². The lowest BCUT2D eigenvalue weighted by Gasteiger charge is -2.33. The molecule has 0 saturated carbocycles. The molecule has 0 spiro atoms. The molecule has 11 heteroatoms. The summed E-state index contributed by atoms with van der Waals surface area (Å²) in [5.74, 6) is 1.61.